The molecule has 1 aliphatic heterocycles. The monoisotopic (exact) mass is 245 g/mol. The molecule has 1 spiro atoms. The van der Waals surface area contributed by atoms with E-state index >= 15 is 0 Å². The van der Waals surface area contributed by atoms with Crippen LogP contribution in [0.2, 0.25) is 0 Å². The lowest BCUT2D eigenvalue weighted by Crippen LogP contribution is -2.60. The molecule has 3 nitrogen and oxygen atoms in total. The third-order valence-corrected chi connectivity index (χ3v) is 3.95. The van der Waals surface area contributed by atoms with Crippen molar-refractivity contribution < 1.29 is 13.2 Å². The summed E-state index contributed by atoms with van der Waals surface area (Å²) in [5.41, 5.74) is -0.0332. The van der Waals surface area contributed by atoms with E-state index in [4.69, 9.17) is 0 Å². The number of H-pyrrole nitrogens is 1. The van der Waals surface area contributed by atoms with Crippen molar-refractivity contribution in [1.82, 2.24) is 15.5 Å². The van der Waals surface area contributed by atoms with Crippen LogP contribution in [0.25, 0.3) is 0 Å². The molecule has 0 atom stereocenters. The molecule has 1 saturated carbocycles. The van der Waals surface area contributed by atoms with Gasteiger partial charge in [0.05, 0.1) is 11.3 Å². The number of nitrogens with one attached hydrogen (secondary N) is 2. The molecule has 0 amide bonds. The second kappa shape index (κ2) is 3.48. The summed E-state index contributed by atoms with van der Waals surface area (Å²) in [6.45, 7) is 2.05. The number of aromatic nitrogens is 2. The van der Waals surface area contributed by atoms with Crippen LogP contribution < -0.4 is 5.32 Å². The van der Waals surface area contributed by atoms with Gasteiger partial charge in [0.1, 0.15) is 0 Å². The number of halogens is 3. The molecule has 2 N–H and O–H groups in total. The van der Waals surface area contributed by atoms with Gasteiger partial charge in [0.15, 0.2) is 0 Å². The van der Waals surface area contributed by atoms with Gasteiger partial charge >= 0.3 is 6.18 Å². The number of rotatable bonds is 2. The average molecular weight is 245 g/mol. The lowest BCUT2D eigenvalue weighted by molar-refractivity contribution is -0.138. The van der Waals surface area contributed by atoms with Crippen LogP contribution in [-0.4, -0.2) is 23.3 Å². The van der Waals surface area contributed by atoms with Gasteiger partial charge in [0, 0.05) is 19.3 Å². The standard InChI is InChI=1S/C11H14F3N3/c12-11(13,14)8-4-16-17-9(8)1-7-2-10(3-7)5-15-6-10/h4,7,15H,1-3,5-6H2,(H,16,17). The highest BCUT2D eigenvalue weighted by atomic mass is 19.4. The van der Waals surface area contributed by atoms with Crippen molar-refractivity contribution in [2.45, 2.75) is 25.4 Å². The molecular weight excluding hydrogens is 231 g/mol. The molecule has 2 fully saturated rings. The Bertz CT molecular complexity index is 412. The van der Waals surface area contributed by atoms with Crippen molar-refractivity contribution >= 4 is 0 Å². The molecule has 17 heavy (non-hydrogen) atoms. The molecule has 0 aromatic carbocycles. The Labute approximate surface area is 96.8 Å². The minimum Gasteiger partial charge on any atom is -0.316 e. The van der Waals surface area contributed by atoms with E-state index in [1.807, 2.05) is 0 Å². The maximum absolute atomic E-state index is 12.6. The molecule has 2 aliphatic rings. The number of alkyl halides is 3. The maximum Gasteiger partial charge on any atom is 0.419 e. The van der Waals surface area contributed by atoms with Crippen LogP contribution in [0, 0.1) is 11.3 Å². The van der Waals surface area contributed by atoms with Gasteiger partial charge in [-0.25, -0.2) is 0 Å². The molecule has 94 valence electrons. The molecule has 1 aromatic rings. The number of aromatic amines is 1. The largest absolute Gasteiger partial charge is 0.419 e. The summed E-state index contributed by atoms with van der Waals surface area (Å²) in [7, 11) is 0. The molecule has 3 rings (SSSR count). The van der Waals surface area contributed by atoms with Crippen LogP contribution in [-0.2, 0) is 12.6 Å². The zero-order chi connectivity index (χ0) is 12.1. The molecule has 2 heterocycles. The zero-order valence-electron chi connectivity index (χ0n) is 9.27. The van der Waals surface area contributed by atoms with E-state index in [0.29, 0.717) is 17.8 Å². The van der Waals surface area contributed by atoms with Gasteiger partial charge in [0.25, 0.3) is 0 Å². The Morgan fingerprint density at radius 2 is 2.06 bits per heavy atom. The fourth-order valence-electron chi connectivity index (χ4n) is 3.07. The number of hydrogen-bond donors (Lipinski definition) is 2. The second-order valence-electron chi connectivity index (χ2n) is 5.33. The van der Waals surface area contributed by atoms with E-state index in [2.05, 4.69) is 15.5 Å². The van der Waals surface area contributed by atoms with Gasteiger partial charge in [-0.1, -0.05) is 0 Å². The highest BCUT2D eigenvalue weighted by molar-refractivity contribution is 5.21. The summed E-state index contributed by atoms with van der Waals surface area (Å²) in [6.07, 6.45) is -0.829. The molecule has 0 bridgehead atoms. The van der Waals surface area contributed by atoms with E-state index in [1.165, 1.54) is 0 Å². The van der Waals surface area contributed by atoms with E-state index < -0.39 is 11.7 Å². The van der Waals surface area contributed by atoms with E-state index in [1.54, 1.807) is 0 Å². The van der Waals surface area contributed by atoms with E-state index in [9.17, 15) is 13.2 Å². The van der Waals surface area contributed by atoms with Gasteiger partial charge < -0.3 is 5.32 Å². The summed E-state index contributed by atoms with van der Waals surface area (Å²) < 4.78 is 37.8. The highest BCUT2D eigenvalue weighted by Gasteiger charge is 2.48. The molecular formula is C11H14F3N3. The third kappa shape index (κ3) is 1.84. The smallest absolute Gasteiger partial charge is 0.316 e. The van der Waals surface area contributed by atoms with Crippen molar-refractivity contribution in [3.05, 3.63) is 17.5 Å². The van der Waals surface area contributed by atoms with Crippen molar-refractivity contribution in [3.8, 4) is 0 Å². The predicted molar refractivity (Wildman–Crippen MR) is 55.3 cm³/mol. The molecule has 0 radical (unpaired) electrons. The molecule has 0 unspecified atom stereocenters. The van der Waals surface area contributed by atoms with Crippen LogP contribution >= 0.6 is 0 Å². The Morgan fingerprint density at radius 3 is 2.59 bits per heavy atom. The molecule has 6 heteroatoms. The number of hydrogen-bond acceptors (Lipinski definition) is 2. The maximum atomic E-state index is 12.6. The van der Waals surface area contributed by atoms with Gasteiger partial charge in [-0.3, -0.25) is 5.10 Å². The first-order valence-corrected chi connectivity index (χ1v) is 5.79. The van der Waals surface area contributed by atoms with E-state index in [0.717, 1.165) is 32.1 Å². The topological polar surface area (TPSA) is 40.7 Å². The molecule has 1 aromatic heterocycles. The lowest BCUT2D eigenvalue weighted by atomic mass is 9.57. The SMILES string of the molecule is FC(F)(F)c1c[nH]nc1CC1CC2(CNC2)C1. The zero-order valence-corrected chi connectivity index (χ0v) is 9.27. The summed E-state index contributed by atoms with van der Waals surface area (Å²) in [5, 5.41) is 9.28. The Morgan fingerprint density at radius 1 is 1.35 bits per heavy atom. The normalized spacial score (nSPS) is 23.5. The fraction of sp³-hybridized carbons (Fsp3) is 0.727. The van der Waals surface area contributed by atoms with Crippen LogP contribution in [0.4, 0.5) is 13.2 Å². The average Bonchev–Trinajstić information content (AvgIpc) is 2.53. The van der Waals surface area contributed by atoms with Crippen molar-refractivity contribution in [1.29, 1.82) is 0 Å². The minimum absolute atomic E-state index is 0.171. The summed E-state index contributed by atoms with van der Waals surface area (Å²) in [4.78, 5) is 0. The van der Waals surface area contributed by atoms with E-state index in [-0.39, 0.29) is 5.69 Å². The Kier molecular flexibility index (Phi) is 2.26. The Balaban J connectivity index is 1.64. The first-order valence-electron chi connectivity index (χ1n) is 5.79. The van der Waals surface area contributed by atoms with Crippen LogP contribution in [0.1, 0.15) is 24.1 Å². The van der Waals surface area contributed by atoms with Gasteiger partial charge in [-0.05, 0) is 30.6 Å². The molecule has 1 aliphatic carbocycles. The number of nitrogens with zero attached hydrogens (tertiary/aromatic N) is 1. The molecule has 1 saturated heterocycles. The van der Waals surface area contributed by atoms with Gasteiger partial charge in [0.2, 0.25) is 0 Å². The summed E-state index contributed by atoms with van der Waals surface area (Å²) in [5.74, 6) is 0.362. The quantitative estimate of drug-likeness (QED) is 0.836. The van der Waals surface area contributed by atoms with Crippen molar-refractivity contribution in [2.24, 2.45) is 11.3 Å². The Hall–Kier alpha value is -1.04. The predicted octanol–water partition coefficient (Wildman–Crippen LogP) is 1.97. The van der Waals surface area contributed by atoms with Crippen LogP contribution in [0.15, 0.2) is 6.20 Å². The van der Waals surface area contributed by atoms with Gasteiger partial charge in [-0.15, -0.1) is 0 Å². The minimum atomic E-state index is -4.29. The second-order valence-corrected chi connectivity index (χ2v) is 5.33. The summed E-state index contributed by atoms with van der Waals surface area (Å²) in [6, 6.07) is 0. The first-order chi connectivity index (χ1) is 7.99. The van der Waals surface area contributed by atoms with Crippen molar-refractivity contribution in [3.63, 3.8) is 0 Å². The fourth-order valence-corrected chi connectivity index (χ4v) is 3.07. The summed E-state index contributed by atoms with van der Waals surface area (Å²) >= 11 is 0. The van der Waals surface area contributed by atoms with Crippen LogP contribution in [0.3, 0.4) is 0 Å². The van der Waals surface area contributed by atoms with Crippen LogP contribution in [0.5, 0.6) is 0 Å². The van der Waals surface area contributed by atoms with Gasteiger partial charge in [-0.2, -0.15) is 18.3 Å². The first kappa shape index (κ1) is 11.1. The lowest BCUT2D eigenvalue weighted by Gasteiger charge is -2.54. The van der Waals surface area contributed by atoms with Crippen molar-refractivity contribution in [2.75, 3.05) is 13.1 Å². The highest BCUT2D eigenvalue weighted by Crippen LogP contribution is 2.49. The third-order valence-electron chi connectivity index (χ3n) is 3.95.